The Labute approximate surface area is 138 Å². The molecule has 1 aromatic heterocycles. The highest BCUT2D eigenvalue weighted by atomic mass is 79.9. The van der Waals surface area contributed by atoms with Crippen LogP contribution < -0.4 is 4.72 Å². The summed E-state index contributed by atoms with van der Waals surface area (Å²) >= 11 is 7.79. The Morgan fingerprint density at radius 3 is 2.60 bits per heavy atom. The monoisotopic (exact) mass is 439 g/mol. The Balaban J connectivity index is 2.40. The third-order valence-corrected chi connectivity index (χ3v) is 7.26. The molecule has 0 aliphatic rings. The van der Waals surface area contributed by atoms with Crippen LogP contribution in [0.5, 0.6) is 0 Å². The third-order valence-electron chi connectivity index (χ3n) is 2.48. The van der Waals surface area contributed by atoms with Crippen LogP contribution in [0, 0.1) is 0 Å². The minimum absolute atomic E-state index is 0.251. The summed E-state index contributed by atoms with van der Waals surface area (Å²) in [6.45, 7) is 0.310. The smallest absolute Gasteiger partial charge is 0.272 e. The number of ether oxygens (including phenoxy) is 1. The molecule has 1 N–H and O–H groups in total. The first-order valence-electron chi connectivity index (χ1n) is 5.48. The van der Waals surface area contributed by atoms with Gasteiger partial charge in [-0.1, -0.05) is 22.0 Å². The Hall–Kier alpha value is -0.410. The number of benzene rings is 1. The van der Waals surface area contributed by atoms with Crippen molar-refractivity contribution in [3.63, 3.8) is 0 Å². The molecule has 0 fully saturated rings. The Morgan fingerprint density at radius 2 is 2.00 bits per heavy atom. The van der Waals surface area contributed by atoms with Crippen LogP contribution in [0.4, 0.5) is 5.69 Å². The lowest BCUT2D eigenvalue weighted by molar-refractivity contribution is 0.185. The molecule has 108 valence electrons. The normalized spacial score (nSPS) is 11.6. The van der Waals surface area contributed by atoms with Gasteiger partial charge in [-0.25, -0.2) is 8.42 Å². The molecule has 2 rings (SSSR count). The highest BCUT2D eigenvalue weighted by Gasteiger charge is 2.21. The van der Waals surface area contributed by atoms with Gasteiger partial charge in [-0.3, -0.25) is 4.72 Å². The lowest BCUT2D eigenvalue weighted by atomic mass is 10.2. The van der Waals surface area contributed by atoms with Gasteiger partial charge in [0.2, 0.25) is 0 Å². The van der Waals surface area contributed by atoms with E-state index in [1.54, 1.807) is 30.7 Å². The lowest BCUT2D eigenvalue weighted by Gasteiger charge is -2.13. The largest absolute Gasteiger partial charge is 0.380 e. The van der Waals surface area contributed by atoms with Gasteiger partial charge in [-0.05, 0) is 39.5 Å². The van der Waals surface area contributed by atoms with Crippen LogP contribution in [0.15, 0.2) is 42.8 Å². The summed E-state index contributed by atoms with van der Waals surface area (Å²) in [7, 11) is -2.05. The van der Waals surface area contributed by atoms with Crippen LogP contribution in [0.1, 0.15) is 5.56 Å². The van der Waals surface area contributed by atoms with Crippen molar-refractivity contribution < 1.29 is 13.2 Å². The van der Waals surface area contributed by atoms with Crippen molar-refractivity contribution in [2.24, 2.45) is 0 Å². The van der Waals surface area contributed by atoms with Crippen molar-refractivity contribution in [3.8, 4) is 0 Å². The third kappa shape index (κ3) is 3.43. The second kappa shape index (κ2) is 6.57. The summed E-state index contributed by atoms with van der Waals surface area (Å²) in [6, 6.07) is 7.02. The van der Waals surface area contributed by atoms with Gasteiger partial charge in [-0.2, -0.15) is 0 Å². The van der Waals surface area contributed by atoms with E-state index in [1.807, 2.05) is 6.07 Å². The highest BCUT2D eigenvalue weighted by molar-refractivity contribution is 9.10. The summed E-state index contributed by atoms with van der Waals surface area (Å²) in [5.74, 6) is 0. The predicted octanol–water partition coefficient (Wildman–Crippen LogP) is 4.22. The van der Waals surface area contributed by atoms with E-state index >= 15 is 0 Å². The van der Waals surface area contributed by atoms with Crippen molar-refractivity contribution in [3.05, 3.63) is 44.2 Å². The topological polar surface area (TPSA) is 55.4 Å². The van der Waals surface area contributed by atoms with E-state index in [0.717, 1.165) is 21.4 Å². The Morgan fingerprint density at radius 1 is 1.25 bits per heavy atom. The maximum atomic E-state index is 12.4. The first-order valence-corrected chi connectivity index (χ1v) is 9.42. The zero-order valence-corrected chi connectivity index (χ0v) is 15.2. The van der Waals surface area contributed by atoms with Crippen LogP contribution >= 0.6 is 43.2 Å². The molecule has 0 bridgehead atoms. The number of anilines is 1. The summed E-state index contributed by atoms with van der Waals surface area (Å²) in [5, 5.41) is 1.72. The number of sulfonamides is 1. The van der Waals surface area contributed by atoms with E-state index in [0.29, 0.717) is 16.8 Å². The van der Waals surface area contributed by atoms with E-state index in [2.05, 4.69) is 36.6 Å². The average molecular weight is 441 g/mol. The molecule has 0 aliphatic carbocycles. The first-order chi connectivity index (χ1) is 9.45. The van der Waals surface area contributed by atoms with E-state index in [1.165, 1.54) is 0 Å². The van der Waals surface area contributed by atoms with Gasteiger partial charge in [0.25, 0.3) is 10.0 Å². The fourth-order valence-corrected chi connectivity index (χ4v) is 5.52. The number of methoxy groups -OCH3 is 1. The summed E-state index contributed by atoms with van der Waals surface area (Å²) in [6.07, 6.45) is 0. The Kier molecular flexibility index (Phi) is 5.25. The molecule has 0 unspecified atom stereocenters. The average Bonchev–Trinajstić information content (AvgIpc) is 2.80. The van der Waals surface area contributed by atoms with Crippen molar-refractivity contribution in [2.45, 2.75) is 10.8 Å². The molecule has 0 saturated carbocycles. The first kappa shape index (κ1) is 16.0. The van der Waals surface area contributed by atoms with Crippen molar-refractivity contribution in [1.82, 2.24) is 0 Å². The van der Waals surface area contributed by atoms with E-state index in [-0.39, 0.29) is 4.21 Å². The van der Waals surface area contributed by atoms with E-state index in [9.17, 15) is 8.42 Å². The second-order valence-electron chi connectivity index (χ2n) is 3.86. The molecule has 0 saturated heterocycles. The number of halogens is 2. The molecule has 0 atom stereocenters. The molecule has 0 spiro atoms. The molecule has 8 heteroatoms. The van der Waals surface area contributed by atoms with E-state index < -0.39 is 10.0 Å². The molecule has 2 aromatic rings. The van der Waals surface area contributed by atoms with E-state index in [4.69, 9.17) is 4.74 Å². The summed E-state index contributed by atoms with van der Waals surface area (Å²) in [4.78, 5) is 0. The fourth-order valence-electron chi connectivity index (χ4n) is 1.61. The SMILES string of the molecule is COCc1c(Br)cccc1NS(=O)(=O)c1sccc1Br. The number of thiophene rings is 1. The molecular weight excluding hydrogens is 430 g/mol. The predicted molar refractivity (Wildman–Crippen MR) is 87.7 cm³/mol. The zero-order valence-electron chi connectivity index (χ0n) is 10.4. The lowest BCUT2D eigenvalue weighted by Crippen LogP contribution is -2.13. The molecular formula is C12H11Br2NO3S2. The standard InChI is InChI=1S/C12H11Br2NO3S2/c1-18-7-8-9(13)3-2-4-11(8)15-20(16,17)12-10(14)5-6-19-12/h2-6,15H,7H2,1H3. The maximum absolute atomic E-state index is 12.4. The van der Waals surface area contributed by atoms with Gasteiger partial charge in [0, 0.05) is 21.6 Å². The van der Waals surface area contributed by atoms with Crippen LogP contribution in [0.25, 0.3) is 0 Å². The highest BCUT2D eigenvalue weighted by Crippen LogP contribution is 2.32. The van der Waals surface area contributed by atoms with Gasteiger partial charge >= 0.3 is 0 Å². The van der Waals surface area contributed by atoms with Crippen molar-refractivity contribution >= 4 is 58.9 Å². The van der Waals surface area contributed by atoms with Crippen molar-refractivity contribution in [1.29, 1.82) is 0 Å². The van der Waals surface area contributed by atoms with Gasteiger partial charge in [0.05, 0.1) is 12.3 Å². The fraction of sp³-hybridized carbons (Fsp3) is 0.167. The molecule has 1 heterocycles. The molecule has 0 aliphatic heterocycles. The van der Waals surface area contributed by atoms with Gasteiger partial charge in [-0.15, -0.1) is 11.3 Å². The zero-order chi connectivity index (χ0) is 14.8. The number of nitrogens with one attached hydrogen (secondary N) is 1. The molecule has 0 amide bonds. The van der Waals surface area contributed by atoms with Crippen molar-refractivity contribution in [2.75, 3.05) is 11.8 Å². The van der Waals surface area contributed by atoms with Crippen LogP contribution in [0.2, 0.25) is 0 Å². The molecule has 4 nitrogen and oxygen atoms in total. The number of hydrogen-bond donors (Lipinski definition) is 1. The second-order valence-corrected chi connectivity index (χ2v) is 8.36. The Bertz CT molecular complexity index is 713. The summed E-state index contributed by atoms with van der Waals surface area (Å²) in [5.41, 5.74) is 1.26. The minimum Gasteiger partial charge on any atom is -0.380 e. The molecule has 1 aromatic carbocycles. The number of hydrogen-bond acceptors (Lipinski definition) is 4. The maximum Gasteiger partial charge on any atom is 0.272 e. The minimum atomic E-state index is -3.61. The van der Waals surface area contributed by atoms with Gasteiger partial charge < -0.3 is 4.74 Å². The summed E-state index contributed by atoms with van der Waals surface area (Å²) < 4.78 is 34.0. The van der Waals surface area contributed by atoms with Crippen LogP contribution in [-0.4, -0.2) is 15.5 Å². The molecule has 0 radical (unpaired) electrons. The number of rotatable bonds is 5. The molecule has 20 heavy (non-hydrogen) atoms. The van der Waals surface area contributed by atoms with Gasteiger partial charge in [0.1, 0.15) is 0 Å². The quantitative estimate of drug-likeness (QED) is 0.757. The van der Waals surface area contributed by atoms with Crippen LogP contribution in [0.3, 0.4) is 0 Å². The van der Waals surface area contributed by atoms with Gasteiger partial charge in [0.15, 0.2) is 4.21 Å². The van der Waals surface area contributed by atoms with Crippen LogP contribution in [-0.2, 0) is 21.4 Å².